The minimum Gasteiger partial charge on any atom is -0.448 e. The van der Waals surface area contributed by atoms with Gasteiger partial charge in [-0.3, -0.25) is 15.1 Å². The molecule has 0 amide bonds. The van der Waals surface area contributed by atoms with Gasteiger partial charge in [-0.2, -0.15) is 0 Å². The molecule has 0 bridgehead atoms. The Morgan fingerprint density at radius 3 is 2.81 bits per heavy atom. The maximum Gasteiger partial charge on any atom is 0.312 e. The van der Waals surface area contributed by atoms with Crippen molar-refractivity contribution in [2.24, 2.45) is 0 Å². The summed E-state index contributed by atoms with van der Waals surface area (Å²) >= 11 is 3.25. The van der Waals surface area contributed by atoms with Gasteiger partial charge >= 0.3 is 5.69 Å². The molecule has 110 valence electrons. The molecule has 0 spiro atoms. The highest BCUT2D eigenvalue weighted by atomic mass is 79.9. The first-order valence-electron chi connectivity index (χ1n) is 6.32. The van der Waals surface area contributed by atoms with E-state index in [1.807, 2.05) is 6.92 Å². The van der Waals surface area contributed by atoms with Gasteiger partial charge < -0.3 is 10.1 Å². The van der Waals surface area contributed by atoms with Crippen molar-refractivity contribution in [2.45, 2.75) is 13.8 Å². The van der Waals surface area contributed by atoms with E-state index < -0.39 is 4.92 Å². The van der Waals surface area contributed by atoms with E-state index >= 15 is 0 Å². The molecule has 21 heavy (non-hydrogen) atoms. The average Bonchev–Trinajstić information content (AvgIpc) is 2.42. The van der Waals surface area contributed by atoms with Crippen LogP contribution >= 0.6 is 15.9 Å². The molecule has 0 saturated carbocycles. The van der Waals surface area contributed by atoms with Crippen LogP contribution in [0.4, 0.5) is 11.4 Å². The van der Waals surface area contributed by atoms with Crippen molar-refractivity contribution in [1.29, 1.82) is 0 Å². The lowest BCUT2D eigenvalue weighted by atomic mass is 10.2. The van der Waals surface area contributed by atoms with Crippen LogP contribution < -0.4 is 10.1 Å². The van der Waals surface area contributed by atoms with Crippen LogP contribution in [0.15, 0.2) is 35.1 Å². The zero-order valence-corrected chi connectivity index (χ0v) is 13.2. The SMILES string of the molecule is CCNc1cncc(Oc2c(C)cc(Br)cc2[N+](=O)[O-])c1. The van der Waals surface area contributed by atoms with Crippen molar-refractivity contribution >= 4 is 27.3 Å². The third kappa shape index (κ3) is 3.69. The molecule has 0 aliphatic heterocycles. The van der Waals surface area contributed by atoms with Crippen LogP contribution in [0.25, 0.3) is 0 Å². The number of nitrogens with one attached hydrogen (secondary N) is 1. The molecule has 6 nitrogen and oxygen atoms in total. The fourth-order valence-electron chi connectivity index (χ4n) is 1.87. The topological polar surface area (TPSA) is 77.3 Å². The molecule has 0 radical (unpaired) electrons. The molecule has 1 N–H and O–H groups in total. The number of hydrogen-bond donors (Lipinski definition) is 1. The smallest absolute Gasteiger partial charge is 0.312 e. The summed E-state index contributed by atoms with van der Waals surface area (Å²) < 4.78 is 6.32. The van der Waals surface area contributed by atoms with Crippen LogP contribution in [0.5, 0.6) is 11.5 Å². The molecule has 0 aliphatic carbocycles. The monoisotopic (exact) mass is 351 g/mol. The number of ether oxygens (including phenoxy) is 1. The lowest BCUT2D eigenvalue weighted by Gasteiger charge is -2.10. The molecule has 0 atom stereocenters. The standard InChI is InChI=1S/C14H14BrN3O3/c1-3-17-11-6-12(8-16-7-11)21-14-9(2)4-10(15)5-13(14)18(19)20/h4-8,17H,3H2,1-2H3. The summed E-state index contributed by atoms with van der Waals surface area (Å²) in [6, 6.07) is 4.94. The maximum atomic E-state index is 11.2. The number of hydrogen-bond acceptors (Lipinski definition) is 5. The van der Waals surface area contributed by atoms with Gasteiger partial charge in [0.05, 0.1) is 23.0 Å². The van der Waals surface area contributed by atoms with Gasteiger partial charge in [0.1, 0.15) is 5.75 Å². The Morgan fingerprint density at radius 2 is 2.14 bits per heavy atom. The molecule has 0 saturated heterocycles. The third-order valence-electron chi connectivity index (χ3n) is 2.73. The van der Waals surface area contributed by atoms with Gasteiger partial charge in [-0.25, -0.2) is 0 Å². The van der Waals surface area contributed by atoms with Crippen molar-refractivity contribution in [3.63, 3.8) is 0 Å². The van der Waals surface area contributed by atoms with Crippen LogP contribution in [-0.2, 0) is 0 Å². The van der Waals surface area contributed by atoms with Crippen LogP contribution in [0, 0.1) is 17.0 Å². The van der Waals surface area contributed by atoms with Gasteiger partial charge in [0.2, 0.25) is 5.75 Å². The molecule has 2 rings (SSSR count). The number of rotatable bonds is 5. The van der Waals surface area contributed by atoms with E-state index in [0.29, 0.717) is 15.8 Å². The molecular weight excluding hydrogens is 338 g/mol. The summed E-state index contributed by atoms with van der Waals surface area (Å²) in [6.07, 6.45) is 3.19. The van der Waals surface area contributed by atoms with Crippen LogP contribution in [-0.4, -0.2) is 16.5 Å². The summed E-state index contributed by atoms with van der Waals surface area (Å²) in [5, 5.41) is 14.3. The minimum absolute atomic E-state index is 0.0873. The van der Waals surface area contributed by atoms with E-state index in [9.17, 15) is 10.1 Å². The summed E-state index contributed by atoms with van der Waals surface area (Å²) in [7, 11) is 0. The van der Waals surface area contributed by atoms with E-state index in [0.717, 1.165) is 12.2 Å². The van der Waals surface area contributed by atoms with Crippen molar-refractivity contribution in [3.8, 4) is 11.5 Å². The van der Waals surface area contributed by atoms with Gasteiger partial charge in [0.15, 0.2) is 0 Å². The fraction of sp³-hybridized carbons (Fsp3) is 0.214. The van der Waals surface area contributed by atoms with Crippen LogP contribution in [0.1, 0.15) is 12.5 Å². The molecule has 0 aliphatic rings. The third-order valence-corrected chi connectivity index (χ3v) is 3.19. The number of aryl methyl sites for hydroxylation is 1. The van der Waals surface area contributed by atoms with E-state index in [2.05, 4.69) is 26.2 Å². The first-order chi connectivity index (χ1) is 10.0. The van der Waals surface area contributed by atoms with E-state index in [-0.39, 0.29) is 11.4 Å². The second-order valence-electron chi connectivity index (χ2n) is 4.37. The summed E-state index contributed by atoms with van der Waals surface area (Å²) in [4.78, 5) is 14.8. The molecule has 0 unspecified atom stereocenters. The normalized spacial score (nSPS) is 10.2. The maximum absolute atomic E-state index is 11.2. The predicted molar refractivity (Wildman–Crippen MR) is 84.0 cm³/mol. The minimum atomic E-state index is -0.464. The quantitative estimate of drug-likeness (QED) is 0.642. The largest absolute Gasteiger partial charge is 0.448 e. The van der Waals surface area contributed by atoms with E-state index in [1.165, 1.54) is 12.3 Å². The van der Waals surface area contributed by atoms with Gasteiger partial charge in [0, 0.05) is 23.2 Å². The number of anilines is 1. The Hall–Kier alpha value is -2.15. The number of nitro benzene ring substituents is 1. The van der Waals surface area contributed by atoms with Crippen molar-refractivity contribution < 1.29 is 9.66 Å². The zero-order valence-electron chi connectivity index (χ0n) is 11.6. The van der Waals surface area contributed by atoms with Gasteiger partial charge in [0.25, 0.3) is 0 Å². The molecular formula is C14H14BrN3O3. The number of nitrogens with zero attached hydrogens (tertiary/aromatic N) is 2. The number of pyridine rings is 1. The summed E-state index contributed by atoms with van der Waals surface area (Å²) in [5.74, 6) is 0.667. The molecule has 1 aromatic carbocycles. The predicted octanol–water partition coefficient (Wildman–Crippen LogP) is 4.28. The zero-order chi connectivity index (χ0) is 15.4. The van der Waals surface area contributed by atoms with Crippen LogP contribution in [0.3, 0.4) is 0 Å². The number of halogens is 1. The first-order valence-corrected chi connectivity index (χ1v) is 7.12. The lowest BCUT2D eigenvalue weighted by molar-refractivity contribution is -0.385. The van der Waals surface area contributed by atoms with Crippen molar-refractivity contribution in [3.05, 3.63) is 50.7 Å². The van der Waals surface area contributed by atoms with E-state index in [1.54, 1.807) is 25.3 Å². The fourth-order valence-corrected chi connectivity index (χ4v) is 2.43. The number of nitro groups is 1. The van der Waals surface area contributed by atoms with Crippen molar-refractivity contribution in [2.75, 3.05) is 11.9 Å². The molecule has 1 heterocycles. The highest BCUT2D eigenvalue weighted by Gasteiger charge is 2.19. The second kappa shape index (κ2) is 6.53. The van der Waals surface area contributed by atoms with Crippen molar-refractivity contribution in [1.82, 2.24) is 4.98 Å². The summed E-state index contributed by atoms with van der Waals surface area (Å²) in [6.45, 7) is 4.48. The Bertz CT molecular complexity index is 677. The Labute approximate surface area is 130 Å². The van der Waals surface area contributed by atoms with Gasteiger partial charge in [-0.1, -0.05) is 15.9 Å². The average molecular weight is 352 g/mol. The highest BCUT2D eigenvalue weighted by Crippen LogP contribution is 2.37. The number of benzene rings is 1. The Balaban J connectivity index is 2.39. The first kappa shape index (κ1) is 15.2. The molecule has 2 aromatic rings. The van der Waals surface area contributed by atoms with E-state index in [4.69, 9.17) is 4.74 Å². The number of aromatic nitrogens is 1. The summed E-state index contributed by atoms with van der Waals surface area (Å²) in [5.41, 5.74) is 1.38. The van der Waals surface area contributed by atoms with Crippen LogP contribution in [0.2, 0.25) is 0 Å². The second-order valence-corrected chi connectivity index (χ2v) is 5.29. The van der Waals surface area contributed by atoms with Gasteiger partial charge in [-0.15, -0.1) is 0 Å². The molecule has 7 heteroatoms. The molecule has 0 fully saturated rings. The van der Waals surface area contributed by atoms with Gasteiger partial charge in [-0.05, 0) is 25.5 Å². The lowest BCUT2D eigenvalue weighted by Crippen LogP contribution is -1.99. The highest BCUT2D eigenvalue weighted by molar-refractivity contribution is 9.10. The molecule has 1 aromatic heterocycles. The Morgan fingerprint density at radius 1 is 1.38 bits per heavy atom. The Kier molecular flexibility index (Phi) is 4.74.